The van der Waals surface area contributed by atoms with Crippen LogP contribution in [0.3, 0.4) is 0 Å². The molecule has 4 heteroatoms. The van der Waals surface area contributed by atoms with Crippen LogP contribution < -0.4 is 5.73 Å². The molecule has 0 aliphatic heterocycles. The first-order valence-corrected chi connectivity index (χ1v) is 7.49. The molecule has 96 valence electrons. The molecule has 1 aliphatic carbocycles. The Bertz CT molecular complexity index is 312. The Morgan fingerprint density at radius 2 is 2.18 bits per heavy atom. The molecule has 2 N–H and O–H groups in total. The average molecular weight is 253 g/mol. The van der Waals surface area contributed by atoms with Crippen LogP contribution in [0.4, 0.5) is 0 Å². The standard InChI is InChI=1S/C13H23N3S/c1-16(8-13-9-17-10-15-13)7-12-5-3-2-4-11(12)6-14/h9-12H,2-8,14H2,1H3. The first-order chi connectivity index (χ1) is 8.29. The van der Waals surface area contributed by atoms with Gasteiger partial charge in [-0.3, -0.25) is 0 Å². The van der Waals surface area contributed by atoms with Crippen molar-refractivity contribution >= 4 is 11.3 Å². The van der Waals surface area contributed by atoms with E-state index in [0.717, 1.165) is 24.9 Å². The highest BCUT2D eigenvalue weighted by molar-refractivity contribution is 7.07. The SMILES string of the molecule is CN(Cc1cscn1)CC1CCCCC1CN. The number of hydrogen-bond donors (Lipinski definition) is 1. The second kappa shape index (κ2) is 6.47. The summed E-state index contributed by atoms with van der Waals surface area (Å²) < 4.78 is 0. The fraction of sp³-hybridized carbons (Fsp3) is 0.769. The molecule has 1 aromatic heterocycles. The van der Waals surface area contributed by atoms with Crippen LogP contribution in [0.1, 0.15) is 31.4 Å². The number of hydrogen-bond acceptors (Lipinski definition) is 4. The smallest absolute Gasteiger partial charge is 0.0795 e. The van der Waals surface area contributed by atoms with Crippen molar-refractivity contribution in [3.8, 4) is 0 Å². The van der Waals surface area contributed by atoms with Gasteiger partial charge in [-0.1, -0.05) is 12.8 Å². The molecule has 1 saturated carbocycles. The Kier molecular flexibility index (Phi) is 4.95. The van der Waals surface area contributed by atoms with Crippen LogP contribution in [-0.2, 0) is 6.54 Å². The van der Waals surface area contributed by atoms with E-state index >= 15 is 0 Å². The number of thiazole rings is 1. The Morgan fingerprint density at radius 3 is 2.82 bits per heavy atom. The lowest BCUT2D eigenvalue weighted by Gasteiger charge is -2.33. The number of rotatable bonds is 5. The fourth-order valence-corrected chi connectivity index (χ4v) is 3.44. The van der Waals surface area contributed by atoms with Gasteiger partial charge in [0.1, 0.15) is 0 Å². The summed E-state index contributed by atoms with van der Waals surface area (Å²) in [5, 5.41) is 2.14. The van der Waals surface area contributed by atoms with Gasteiger partial charge >= 0.3 is 0 Å². The zero-order valence-corrected chi connectivity index (χ0v) is 11.5. The summed E-state index contributed by atoms with van der Waals surface area (Å²) in [4.78, 5) is 6.74. The van der Waals surface area contributed by atoms with E-state index in [1.54, 1.807) is 11.3 Å². The van der Waals surface area contributed by atoms with Crippen LogP contribution in [0.15, 0.2) is 10.9 Å². The molecule has 1 fully saturated rings. The van der Waals surface area contributed by atoms with Gasteiger partial charge in [0, 0.05) is 18.5 Å². The molecule has 0 amide bonds. The van der Waals surface area contributed by atoms with E-state index in [1.807, 2.05) is 5.51 Å². The normalized spacial score (nSPS) is 25.4. The first-order valence-electron chi connectivity index (χ1n) is 6.55. The molecule has 2 unspecified atom stereocenters. The third kappa shape index (κ3) is 3.76. The predicted molar refractivity (Wildman–Crippen MR) is 73.0 cm³/mol. The predicted octanol–water partition coefficient (Wildman–Crippen LogP) is 2.34. The highest BCUT2D eigenvalue weighted by Crippen LogP contribution is 2.29. The van der Waals surface area contributed by atoms with E-state index in [4.69, 9.17) is 5.73 Å². The van der Waals surface area contributed by atoms with E-state index < -0.39 is 0 Å². The van der Waals surface area contributed by atoms with Crippen molar-refractivity contribution in [3.63, 3.8) is 0 Å². The van der Waals surface area contributed by atoms with Gasteiger partial charge in [-0.2, -0.15) is 0 Å². The summed E-state index contributed by atoms with van der Waals surface area (Å²) in [5.41, 5.74) is 8.98. The second-order valence-electron chi connectivity index (χ2n) is 5.22. The highest BCUT2D eigenvalue weighted by Gasteiger charge is 2.24. The van der Waals surface area contributed by atoms with Gasteiger partial charge in [-0.25, -0.2) is 4.98 Å². The number of aromatic nitrogens is 1. The van der Waals surface area contributed by atoms with Gasteiger partial charge in [0.05, 0.1) is 11.2 Å². The van der Waals surface area contributed by atoms with Crippen molar-refractivity contribution in [1.82, 2.24) is 9.88 Å². The molecule has 0 aromatic carbocycles. The minimum absolute atomic E-state index is 0.738. The van der Waals surface area contributed by atoms with Gasteiger partial charge in [-0.05, 0) is 38.3 Å². The summed E-state index contributed by atoms with van der Waals surface area (Å²) in [6, 6.07) is 0. The van der Waals surface area contributed by atoms with E-state index in [0.29, 0.717) is 0 Å². The summed E-state index contributed by atoms with van der Waals surface area (Å²) in [7, 11) is 2.20. The van der Waals surface area contributed by atoms with Crippen LogP contribution in [0.25, 0.3) is 0 Å². The molecule has 0 spiro atoms. The highest BCUT2D eigenvalue weighted by atomic mass is 32.1. The van der Waals surface area contributed by atoms with E-state index in [9.17, 15) is 0 Å². The van der Waals surface area contributed by atoms with Gasteiger partial charge < -0.3 is 10.6 Å². The van der Waals surface area contributed by atoms with Gasteiger partial charge in [0.25, 0.3) is 0 Å². The van der Waals surface area contributed by atoms with E-state index in [1.165, 1.54) is 37.9 Å². The largest absolute Gasteiger partial charge is 0.330 e. The maximum absolute atomic E-state index is 5.88. The van der Waals surface area contributed by atoms with Crippen molar-refractivity contribution in [1.29, 1.82) is 0 Å². The maximum Gasteiger partial charge on any atom is 0.0795 e. The molecule has 2 atom stereocenters. The summed E-state index contributed by atoms with van der Waals surface area (Å²) in [6.07, 6.45) is 5.43. The van der Waals surface area contributed by atoms with Crippen LogP contribution in [0.2, 0.25) is 0 Å². The fourth-order valence-electron chi connectivity index (χ4n) is 2.89. The molecular weight excluding hydrogens is 230 g/mol. The van der Waals surface area contributed by atoms with Crippen molar-refractivity contribution < 1.29 is 0 Å². The van der Waals surface area contributed by atoms with Crippen molar-refractivity contribution in [3.05, 3.63) is 16.6 Å². The lowest BCUT2D eigenvalue weighted by Crippen LogP contribution is -2.35. The quantitative estimate of drug-likeness (QED) is 0.876. The summed E-state index contributed by atoms with van der Waals surface area (Å²) >= 11 is 1.67. The molecule has 0 bridgehead atoms. The Labute approximate surface area is 108 Å². The molecule has 17 heavy (non-hydrogen) atoms. The second-order valence-corrected chi connectivity index (χ2v) is 5.94. The first kappa shape index (κ1) is 13.0. The van der Waals surface area contributed by atoms with Crippen LogP contribution in [-0.4, -0.2) is 30.0 Å². The Morgan fingerprint density at radius 1 is 1.41 bits per heavy atom. The monoisotopic (exact) mass is 253 g/mol. The topological polar surface area (TPSA) is 42.2 Å². The Hall–Kier alpha value is -0.450. The molecule has 1 aliphatic rings. The maximum atomic E-state index is 5.88. The lowest BCUT2D eigenvalue weighted by molar-refractivity contribution is 0.169. The summed E-state index contributed by atoms with van der Waals surface area (Å²) in [5.74, 6) is 1.53. The zero-order valence-electron chi connectivity index (χ0n) is 10.6. The van der Waals surface area contributed by atoms with Gasteiger partial charge in [0.2, 0.25) is 0 Å². The Balaban J connectivity index is 1.82. The van der Waals surface area contributed by atoms with Crippen molar-refractivity contribution in [2.24, 2.45) is 17.6 Å². The van der Waals surface area contributed by atoms with Gasteiger partial charge in [0.15, 0.2) is 0 Å². The number of nitrogens with zero attached hydrogens (tertiary/aromatic N) is 2. The zero-order chi connectivity index (χ0) is 12.1. The molecular formula is C13H23N3S. The van der Waals surface area contributed by atoms with Crippen molar-refractivity contribution in [2.45, 2.75) is 32.2 Å². The van der Waals surface area contributed by atoms with Gasteiger partial charge in [-0.15, -0.1) is 11.3 Å². The third-order valence-electron chi connectivity index (χ3n) is 3.83. The molecule has 3 nitrogen and oxygen atoms in total. The van der Waals surface area contributed by atoms with Crippen LogP contribution in [0, 0.1) is 11.8 Å². The van der Waals surface area contributed by atoms with Crippen molar-refractivity contribution in [2.75, 3.05) is 20.1 Å². The third-order valence-corrected chi connectivity index (χ3v) is 4.47. The molecule has 1 heterocycles. The van der Waals surface area contributed by atoms with Crippen LogP contribution in [0.5, 0.6) is 0 Å². The minimum atomic E-state index is 0.738. The average Bonchev–Trinajstić information content (AvgIpc) is 2.82. The van der Waals surface area contributed by atoms with E-state index in [2.05, 4.69) is 22.3 Å². The lowest BCUT2D eigenvalue weighted by atomic mass is 9.79. The molecule has 2 rings (SSSR count). The molecule has 0 radical (unpaired) electrons. The molecule has 0 saturated heterocycles. The summed E-state index contributed by atoms with van der Waals surface area (Å²) in [6.45, 7) is 2.99. The minimum Gasteiger partial charge on any atom is -0.330 e. The molecule has 1 aromatic rings. The number of nitrogens with two attached hydrogens (primary N) is 1. The van der Waals surface area contributed by atoms with Crippen LogP contribution >= 0.6 is 11.3 Å². The van der Waals surface area contributed by atoms with E-state index in [-0.39, 0.29) is 0 Å².